The molecule has 3 N–H and O–H groups in total. The van der Waals surface area contributed by atoms with Crippen molar-refractivity contribution in [2.45, 2.75) is 71.4 Å². The molecule has 2 saturated heterocycles. The first-order chi connectivity index (χ1) is 30.4. The van der Waals surface area contributed by atoms with E-state index in [2.05, 4.69) is 84.0 Å². The molecule has 5 aromatic rings. The van der Waals surface area contributed by atoms with Crippen LogP contribution in [0.15, 0.2) is 118 Å². The van der Waals surface area contributed by atoms with Crippen LogP contribution in [0.3, 0.4) is 0 Å². The van der Waals surface area contributed by atoms with Crippen molar-refractivity contribution in [2.24, 2.45) is 0 Å². The molecule has 4 aromatic carbocycles. The van der Waals surface area contributed by atoms with Crippen LogP contribution >= 0.6 is 35.1 Å². The second-order valence-electron chi connectivity index (χ2n) is 15.7. The van der Waals surface area contributed by atoms with E-state index < -0.39 is 27.3 Å². The lowest BCUT2D eigenvalue weighted by molar-refractivity contribution is -0.0328. The summed E-state index contributed by atoms with van der Waals surface area (Å²) in [5.41, 5.74) is 5.95. The molecule has 0 spiro atoms. The second-order valence-corrected chi connectivity index (χ2v) is 20.1. The van der Waals surface area contributed by atoms with Crippen LogP contribution in [0.25, 0.3) is 11.1 Å². The molecule has 0 amide bonds. The van der Waals surface area contributed by atoms with Gasteiger partial charge >= 0.3 is 5.51 Å². The van der Waals surface area contributed by atoms with Crippen LogP contribution in [0.2, 0.25) is 5.02 Å². The van der Waals surface area contributed by atoms with E-state index in [1.807, 2.05) is 36.0 Å². The number of nitrogens with one attached hydrogen (secondary N) is 1. The molecular weight excluding hydrogens is 887 g/mol. The number of nitrogens with zero attached hydrogens (tertiary/aromatic N) is 5. The zero-order valence-electron chi connectivity index (χ0n) is 35.0. The maximum absolute atomic E-state index is 13.2. The Balaban J connectivity index is 0.000000292. The quantitative estimate of drug-likeness (QED) is 0.0630. The fourth-order valence-electron chi connectivity index (χ4n) is 8.08. The minimum Gasteiger partial charge on any atom is -0.398 e. The van der Waals surface area contributed by atoms with Crippen molar-refractivity contribution < 1.29 is 26.3 Å². The van der Waals surface area contributed by atoms with Gasteiger partial charge in [0.05, 0.1) is 23.8 Å². The molecule has 0 atom stereocenters. The third-order valence-electron chi connectivity index (χ3n) is 11.4. The van der Waals surface area contributed by atoms with Crippen LogP contribution in [0.1, 0.15) is 42.5 Å². The van der Waals surface area contributed by atoms with E-state index in [1.54, 1.807) is 0 Å². The number of likely N-dealkylation sites (tertiary alicyclic amines) is 1. The van der Waals surface area contributed by atoms with Gasteiger partial charge in [-0.3, -0.25) is 19.4 Å². The first kappa shape index (κ1) is 47.1. The standard InChI is InChI=1S/C32H32ClF3N6O2S2.C14H21NOS/c33-23-7-5-21(6-8-23)26-4-2-1-3-22(26)18-41-14-11-24(12-15-41)42-16-13-27-29(19-42)38-20-39-31(27)40-46(43,44)25-9-10-28(37)30(17-25)45-32(34,35)36;1-2-6-14(7-3-1)17-13-5-4-8-15-9-11-16-12-10-15/h1-10,17,20,24H,11-16,18-19,37H2,(H,38,39,40);1-3,6-7H,4-5,8-13H2. The number of anilines is 2. The SMILES string of the molecule is Nc1ccc(S(=O)(=O)Nc2ncnc3c2CCN(C2CCN(Cc4ccccc4-c4ccc(Cl)cc4)CC2)C3)cc1SC(F)(F)F.c1ccc(SCCCCN2CCOCC2)cc1. The maximum Gasteiger partial charge on any atom is 0.446 e. The fourth-order valence-corrected chi connectivity index (χ4v) is 10.9. The average Bonchev–Trinajstić information content (AvgIpc) is 3.28. The highest BCUT2D eigenvalue weighted by molar-refractivity contribution is 8.00. The van der Waals surface area contributed by atoms with Crippen LogP contribution < -0.4 is 10.5 Å². The van der Waals surface area contributed by atoms with Crippen molar-refractivity contribution in [3.05, 3.63) is 125 Å². The number of halogens is 4. The number of thioether (sulfide) groups is 2. The molecule has 0 aliphatic carbocycles. The fraction of sp³-hybridized carbons (Fsp3) is 0.391. The Kier molecular flexibility index (Phi) is 16.7. The number of morpholine rings is 1. The van der Waals surface area contributed by atoms with Crippen LogP contribution in [0.5, 0.6) is 0 Å². The molecule has 3 aliphatic heterocycles. The Morgan fingerprint density at radius 3 is 2.33 bits per heavy atom. The second kappa shape index (κ2) is 22.4. The van der Waals surface area contributed by atoms with Crippen molar-refractivity contribution in [1.29, 1.82) is 0 Å². The number of nitrogen functional groups attached to an aromatic ring is 1. The van der Waals surface area contributed by atoms with Crippen LogP contribution in [-0.4, -0.2) is 103 Å². The minimum atomic E-state index is -4.61. The highest BCUT2D eigenvalue weighted by Gasteiger charge is 2.33. The summed E-state index contributed by atoms with van der Waals surface area (Å²) in [4.78, 5) is 16.7. The van der Waals surface area contributed by atoms with Gasteiger partial charge in [0, 0.05) is 64.8 Å². The normalized spacial score (nSPS) is 16.8. The maximum atomic E-state index is 13.2. The molecule has 4 heterocycles. The molecule has 3 aliphatic rings. The molecule has 0 bridgehead atoms. The third kappa shape index (κ3) is 13.8. The number of hydrogen-bond acceptors (Lipinski definition) is 11. The largest absolute Gasteiger partial charge is 0.446 e. The summed E-state index contributed by atoms with van der Waals surface area (Å²) in [5.74, 6) is 1.37. The first-order valence-corrected chi connectivity index (χ1v) is 24.9. The van der Waals surface area contributed by atoms with E-state index in [9.17, 15) is 21.6 Å². The molecule has 0 unspecified atom stereocenters. The zero-order valence-corrected chi connectivity index (χ0v) is 38.2. The van der Waals surface area contributed by atoms with Crippen LogP contribution in [0, 0.1) is 0 Å². The van der Waals surface area contributed by atoms with Crippen molar-refractivity contribution in [3.63, 3.8) is 0 Å². The van der Waals surface area contributed by atoms with E-state index >= 15 is 0 Å². The van der Waals surface area contributed by atoms with Crippen LogP contribution in [0.4, 0.5) is 24.7 Å². The van der Waals surface area contributed by atoms with Gasteiger partial charge in [-0.2, -0.15) is 13.2 Å². The predicted molar refractivity (Wildman–Crippen MR) is 249 cm³/mol. The molecular formula is C46H53ClF3N7O3S3. The molecule has 0 radical (unpaired) electrons. The molecule has 2 fully saturated rings. The van der Waals surface area contributed by atoms with Crippen molar-refractivity contribution in [1.82, 2.24) is 24.7 Å². The summed E-state index contributed by atoms with van der Waals surface area (Å²) in [7, 11) is -4.23. The zero-order chi connectivity index (χ0) is 44.2. The van der Waals surface area contributed by atoms with Gasteiger partial charge < -0.3 is 10.5 Å². The van der Waals surface area contributed by atoms with Gasteiger partial charge in [0.25, 0.3) is 10.0 Å². The highest BCUT2D eigenvalue weighted by Crippen LogP contribution is 2.41. The average molecular weight is 941 g/mol. The molecule has 17 heteroatoms. The van der Waals surface area contributed by atoms with E-state index in [0.717, 1.165) is 82.2 Å². The van der Waals surface area contributed by atoms with E-state index in [0.29, 0.717) is 36.1 Å². The number of aromatic nitrogens is 2. The number of benzene rings is 4. The number of fused-ring (bicyclic) bond motifs is 1. The monoisotopic (exact) mass is 939 g/mol. The number of piperidine rings is 1. The Hall–Kier alpha value is -3.87. The van der Waals surface area contributed by atoms with Gasteiger partial charge in [0.15, 0.2) is 0 Å². The summed E-state index contributed by atoms with van der Waals surface area (Å²) in [6, 6.07) is 30.7. The third-order valence-corrected chi connectivity index (χ3v) is 14.9. The molecule has 1 aromatic heterocycles. The topological polar surface area (TPSA) is 117 Å². The predicted octanol–water partition coefficient (Wildman–Crippen LogP) is 9.71. The summed E-state index contributed by atoms with van der Waals surface area (Å²) >= 11 is 7.61. The lowest BCUT2D eigenvalue weighted by Crippen LogP contribution is -2.46. The number of rotatable bonds is 14. The number of unbranched alkanes of at least 4 members (excludes halogenated alkanes) is 1. The van der Waals surface area contributed by atoms with Crippen molar-refractivity contribution >= 4 is 56.7 Å². The smallest absolute Gasteiger partial charge is 0.398 e. The number of nitrogens with two attached hydrogens (primary N) is 1. The van der Waals surface area contributed by atoms with Crippen molar-refractivity contribution in [3.8, 4) is 11.1 Å². The van der Waals surface area contributed by atoms with Crippen molar-refractivity contribution in [2.75, 3.05) is 68.7 Å². The number of ether oxygens (including phenoxy) is 1. The summed E-state index contributed by atoms with van der Waals surface area (Å²) in [6.45, 7) is 9.34. The molecule has 10 nitrogen and oxygen atoms in total. The Labute approximate surface area is 382 Å². The Morgan fingerprint density at radius 1 is 0.857 bits per heavy atom. The lowest BCUT2D eigenvalue weighted by atomic mass is 9.96. The molecule has 8 rings (SSSR count). The van der Waals surface area contributed by atoms with E-state index in [1.165, 1.54) is 53.6 Å². The molecule has 63 heavy (non-hydrogen) atoms. The van der Waals surface area contributed by atoms with Gasteiger partial charge in [0.1, 0.15) is 12.1 Å². The van der Waals surface area contributed by atoms with Gasteiger partial charge in [0.2, 0.25) is 0 Å². The highest BCUT2D eigenvalue weighted by atomic mass is 35.5. The minimum absolute atomic E-state index is 0.140. The van der Waals surface area contributed by atoms with Gasteiger partial charge in [-0.1, -0.05) is 66.2 Å². The van der Waals surface area contributed by atoms with Gasteiger partial charge in [-0.15, -0.1) is 11.8 Å². The lowest BCUT2D eigenvalue weighted by Gasteiger charge is -2.40. The van der Waals surface area contributed by atoms with Gasteiger partial charge in [-0.25, -0.2) is 18.4 Å². The molecule has 0 saturated carbocycles. The summed E-state index contributed by atoms with van der Waals surface area (Å²) in [6.07, 6.45) is 6.46. The summed E-state index contributed by atoms with van der Waals surface area (Å²) in [5, 5.41) is 0.714. The Bertz CT molecular complexity index is 2350. The first-order valence-electron chi connectivity index (χ1n) is 21.2. The summed E-state index contributed by atoms with van der Waals surface area (Å²) < 4.78 is 73.0. The van der Waals surface area contributed by atoms with E-state index in [-0.39, 0.29) is 21.3 Å². The Morgan fingerprint density at radius 2 is 1.59 bits per heavy atom. The van der Waals surface area contributed by atoms with E-state index in [4.69, 9.17) is 22.1 Å². The van der Waals surface area contributed by atoms with Crippen LogP contribution in [-0.2, 0) is 34.3 Å². The number of hydrogen-bond donors (Lipinski definition) is 2. The number of alkyl halides is 3. The molecule has 336 valence electrons. The number of sulfonamides is 1. The van der Waals surface area contributed by atoms with Gasteiger partial charge in [-0.05, 0) is 128 Å².